The summed E-state index contributed by atoms with van der Waals surface area (Å²) in [5.41, 5.74) is 1.88. The van der Waals surface area contributed by atoms with Crippen LogP contribution in [0.25, 0.3) is 0 Å². The highest BCUT2D eigenvalue weighted by molar-refractivity contribution is 7.13. The van der Waals surface area contributed by atoms with Crippen molar-refractivity contribution in [2.24, 2.45) is 0 Å². The van der Waals surface area contributed by atoms with E-state index in [1.807, 2.05) is 30.6 Å². The number of hydrogen-bond donors (Lipinski definition) is 1. The van der Waals surface area contributed by atoms with E-state index in [-0.39, 0.29) is 0 Å². The van der Waals surface area contributed by atoms with Crippen LogP contribution in [-0.4, -0.2) is 24.2 Å². The highest BCUT2D eigenvalue weighted by Crippen LogP contribution is 2.24. The van der Waals surface area contributed by atoms with Gasteiger partial charge in [0.15, 0.2) is 5.13 Å². The first-order valence-corrected chi connectivity index (χ1v) is 6.95. The molecule has 0 saturated carbocycles. The van der Waals surface area contributed by atoms with E-state index in [4.69, 9.17) is 4.74 Å². The van der Waals surface area contributed by atoms with Crippen LogP contribution in [0.4, 0.5) is 5.13 Å². The Morgan fingerprint density at radius 1 is 1.47 bits per heavy atom. The van der Waals surface area contributed by atoms with Gasteiger partial charge >= 0.3 is 0 Å². The van der Waals surface area contributed by atoms with Crippen molar-refractivity contribution in [3.05, 3.63) is 40.9 Å². The highest BCUT2D eigenvalue weighted by Gasteiger charge is 2.10. The zero-order chi connectivity index (χ0) is 13.8. The monoisotopic (exact) mass is 278 g/mol. The molecule has 2 aromatic rings. The number of rotatable bonds is 5. The summed E-state index contributed by atoms with van der Waals surface area (Å²) in [6, 6.07) is 7.98. The van der Waals surface area contributed by atoms with E-state index in [1.165, 1.54) is 11.3 Å². The van der Waals surface area contributed by atoms with Gasteiger partial charge in [0.1, 0.15) is 5.75 Å². The van der Waals surface area contributed by atoms with E-state index < -0.39 is 6.10 Å². The van der Waals surface area contributed by atoms with Gasteiger partial charge in [-0.05, 0) is 24.6 Å². The molecule has 0 aliphatic rings. The van der Waals surface area contributed by atoms with E-state index >= 15 is 0 Å². The number of aliphatic hydroxyl groups is 1. The largest absolute Gasteiger partial charge is 0.497 e. The van der Waals surface area contributed by atoms with Gasteiger partial charge in [0, 0.05) is 19.0 Å². The highest BCUT2D eigenvalue weighted by atomic mass is 32.1. The van der Waals surface area contributed by atoms with Crippen LogP contribution >= 0.6 is 11.3 Å². The van der Waals surface area contributed by atoms with Crippen LogP contribution in [0.15, 0.2) is 29.6 Å². The fourth-order valence-electron chi connectivity index (χ4n) is 1.76. The number of aliphatic hydroxyl groups excluding tert-OH is 1. The predicted molar refractivity (Wildman–Crippen MR) is 77.8 cm³/mol. The summed E-state index contributed by atoms with van der Waals surface area (Å²) < 4.78 is 5.21. The van der Waals surface area contributed by atoms with Crippen LogP contribution in [0.5, 0.6) is 5.75 Å². The molecular formula is C14H18N2O2S. The first kappa shape index (κ1) is 13.8. The molecule has 0 bridgehead atoms. The van der Waals surface area contributed by atoms with Crippen molar-refractivity contribution in [1.29, 1.82) is 0 Å². The summed E-state index contributed by atoms with van der Waals surface area (Å²) in [5, 5.41) is 12.3. The Balaban J connectivity index is 2.08. The third-order valence-corrected chi connectivity index (χ3v) is 3.79. The van der Waals surface area contributed by atoms with E-state index in [0.29, 0.717) is 0 Å². The lowest BCUT2D eigenvalue weighted by Gasteiger charge is -2.16. The molecule has 0 aliphatic heterocycles. The quantitative estimate of drug-likeness (QED) is 0.913. The Labute approximate surface area is 117 Å². The average Bonchev–Trinajstić information content (AvgIpc) is 2.89. The van der Waals surface area contributed by atoms with Crippen LogP contribution in [0.3, 0.4) is 0 Å². The SMILES string of the molecule is COc1cccc(CN(C)c2nc(C(C)O)cs2)c1. The van der Waals surface area contributed by atoms with Crippen LogP contribution in [-0.2, 0) is 6.54 Å². The van der Waals surface area contributed by atoms with E-state index in [0.717, 1.165) is 28.7 Å². The summed E-state index contributed by atoms with van der Waals surface area (Å²) in [5.74, 6) is 0.856. The summed E-state index contributed by atoms with van der Waals surface area (Å²) >= 11 is 1.54. The molecule has 1 aromatic carbocycles. The van der Waals surface area contributed by atoms with E-state index in [9.17, 15) is 5.11 Å². The molecule has 19 heavy (non-hydrogen) atoms. The van der Waals surface area contributed by atoms with Gasteiger partial charge in [0.05, 0.1) is 18.9 Å². The number of benzene rings is 1. The third-order valence-electron chi connectivity index (χ3n) is 2.82. The molecule has 102 valence electrons. The summed E-state index contributed by atoms with van der Waals surface area (Å²) in [4.78, 5) is 6.47. The number of thiazole rings is 1. The van der Waals surface area contributed by atoms with Gasteiger partial charge in [0.2, 0.25) is 0 Å². The molecule has 0 fully saturated rings. The average molecular weight is 278 g/mol. The van der Waals surface area contributed by atoms with Crippen molar-refractivity contribution in [3.8, 4) is 5.75 Å². The minimum Gasteiger partial charge on any atom is -0.497 e. The molecule has 0 radical (unpaired) electrons. The molecule has 2 rings (SSSR count). The van der Waals surface area contributed by atoms with Gasteiger partial charge in [-0.3, -0.25) is 0 Å². The lowest BCUT2D eigenvalue weighted by molar-refractivity contribution is 0.195. The Morgan fingerprint density at radius 3 is 2.89 bits per heavy atom. The number of ether oxygens (including phenoxy) is 1. The number of hydrogen-bond acceptors (Lipinski definition) is 5. The smallest absolute Gasteiger partial charge is 0.185 e. The summed E-state index contributed by atoms with van der Waals surface area (Å²) in [6.07, 6.45) is -0.518. The molecule has 4 nitrogen and oxygen atoms in total. The second-order valence-corrected chi connectivity index (χ2v) is 5.28. The zero-order valence-electron chi connectivity index (χ0n) is 11.3. The molecule has 0 saturated heterocycles. The van der Waals surface area contributed by atoms with Crippen molar-refractivity contribution < 1.29 is 9.84 Å². The normalized spacial score (nSPS) is 12.2. The molecule has 1 unspecified atom stereocenters. The first-order valence-electron chi connectivity index (χ1n) is 6.07. The van der Waals surface area contributed by atoms with Gasteiger partial charge < -0.3 is 14.7 Å². The molecule has 1 N–H and O–H groups in total. The fraction of sp³-hybridized carbons (Fsp3) is 0.357. The molecule has 1 aromatic heterocycles. The lowest BCUT2D eigenvalue weighted by atomic mass is 10.2. The van der Waals surface area contributed by atoms with Crippen molar-refractivity contribution >= 4 is 16.5 Å². The van der Waals surface area contributed by atoms with Gasteiger partial charge in [-0.15, -0.1) is 11.3 Å². The van der Waals surface area contributed by atoms with E-state index in [1.54, 1.807) is 14.0 Å². The Morgan fingerprint density at radius 2 is 2.26 bits per heavy atom. The maximum absolute atomic E-state index is 9.49. The fourth-order valence-corrected chi connectivity index (χ4v) is 2.63. The number of methoxy groups -OCH3 is 1. The van der Waals surface area contributed by atoms with Crippen LogP contribution in [0.1, 0.15) is 24.3 Å². The zero-order valence-corrected chi connectivity index (χ0v) is 12.1. The molecular weight excluding hydrogens is 260 g/mol. The molecule has 1 heterocycles. The topological polar surface area (TPSA) is 45.6 Å². The third kappa shape index (κ3) is 3.45. The maximum atomic E-state index is 9.49. The van der Waals surface area contributed by atoms with Gasteiger partial charge in [-0.1, -0.05) is 12.1 Å². The first-order chi connectivity index (χ1) is 9.10. The van der Waals surface area contributed by atoms with Crippen molar-refractivity contribution in [3.63, 3.8) is 0 Å². The van der Waals surface area contributed by atoms with Crippen LogP contribution in [0, 0.1) is 0 Å². The van der Waals surface area contributed by atoms with Gasteiger partial charge in [0.25, 0.3) is 0 Å². The minimum absolute atomic E-state index is 0.518. The Hall–Kier alpha value is -1.59. The number of aromatic nitrogens is 1. The summed E-state index contributed by atoms with van der Waals surface area (Å²) in [6.45, 7) is 2.48. The maximum Gasteiger partial charge on any atom is 0.185 e. The van der Waals surface area contributed by atoms with Gasteiger partial charge in [-0.25, -0.2) is 4.98 Å². The molecule has 0 spiro atoms. The Bertz CT molecular complexity index is 540. The van der Waals surface area contributed by atoms with Crippen molar-refractivity contribution in [2.45, 2.75) is 19.6 Å². The molecule has 1 atom stereocenters. The number of nitrogens with zero attached hydrogens (tertiary/aromatic N) is 2. The van der Waals surface area contributed by atoms with Crippen LogP contribution in [0.2, 0.25) is 0 Å². The standard InChI is InChI=1S/C14H18N2O2S/c1-10(17)13-9-19-14(15-13)16(2)8-11-5-4-6-12(7-11)18-3/h4-7,9-10,17H,8H2,1-3H3. The number of anilines is 1. The Kier molecular flexibility index (Phi) is 4.39. The minimum atomic E-state index is -0.518. The summed E-state index contributed by atoms with van der Waals surface area (Å²) in [7, 11) is 3.66. The van der Waals surface area contributed by atoms with Gasteiger partial charge in [-0.2, -0.15) is 0 Å². The lowest BCUT2D eigenvalue weighted by Crippen LogP contribution is -2.16. The molecule has 5 heteroatoms. The van der Waals surface area contributed by atoms with Crippen LogP contribution < -0.4 is 9.64 Å². The van der Waals surface area contributed by atoms with E-state index in [2.05, 4.69) is 16.0 Å². The predicted octanol–water partition coefficient (Wildman–Crippen LogP) is 2.84. The second-order valence-electron chi connectivity index (χ2n) is 4.44. The van der Waals surface area contributed by atoms with Crippen molar-refractivity contribution in [2.75, 3.05) is 19.1 Å². The van der Waals surface area contributed by atoms with Crippen molar-refractivity contribution in [1.82, 2.24) is 4.98 Å². The molecule has 0 amide bonds. The molecule has 0 aliphatic carbocycles. The second kappa shape index (κ2) is 6.04.